The molecule has 0 aromatic heterocycles. The van der Waals surface area contributed by atoms with E-state index in [2.05, 4.69) is 10.6 Å². The molecule has 1 rings (SSSR count). The highest BCUT2D eigenvalue weighted by atomic mass is 19.1. The van der Waals surface area contributed by atoms with Crippen molar-refractivity contribution in [3.05, 3.63) is 29.6 Å². The van der Waals surface area contributed by atoms with Crippen LogP contribution < -0.4 is 15.4 Å². The standard InChI is InChI=1S/C14H21FN2O2/c1-9(2)17-14(18)16-8-11-5-6-13(12(15)7-11)19-10(3)4/h5-7,9-10H,8H2,1-4H3,(H2,16,17,18). The minimum atomic E-state index is -0.419. The zero-order chi connectivity index (χ0) is 14.4. The van der Waals surface area contributed by atoms with Crippen LogP contribution in [0.5, 0.6) is 5.75 Å². The van der Waals surface area contributed by atoms with Gasteiger partial charge < -0.3 is 15.4 Å². The van der Waals surface area contributed by atoms with Crippen molar-refractivity contribution in [3.8, 4) is 5.75 Å². The zero-order valence-electron chi connectivity index (χ0n) is 11.8. The molecule has 106 valence electrons. The molecular weight excluding hydrogens is 247 g/mol. The van der Waals surface area contributed by atoms with Gasteiger partial charge in [0.15, 0.2) is 11.6 Å². The third-order valence-electron chi connectivity index (χ3n) is 2.23. The van der Waals surface area contributed by atoms with Gasteiger partial charge >= 0.3 is 6.03 Å². The maximum atomic E-state index is 13.7. The monoisotopic (exact) mass is 268 g/mol. The van der Waals surface area contributed by atoms with Crippen molar-refractivity contribution < 1.29 is 13.9 Å². The molecule has 5 heteroatoms. The summed E-state index contributed by atoms with van der Waals surface area (Å²) in [6.45, 7) is 7.70. The Morgan fingerprint density at radius 3 is 2.53 bits per heavy atom. The maximum absolute atomic E-state index is 13.7. The van der Waals surface area contributed by atoms with Crippen LogP contribution in [-0.4, -0.2) is 18.2 Å². The van der Waals surface area contributed by atoms with Gasteiger partial charge in [0.2, 0.25) is 0 Å². The summed E-state index contributed by atoms with van der Waals surface area (Å²) in [5.74, 6) is -0.192. The number of rotatable bonds is 5. The molecule has 0 fully saturated rings. The first-order valence-corrected chi connectivity index (χ1v) is 6.38. The van der Waals surface area contributed by atoms with E-state index in [-0.39, 0.29) is 30.5 Å². The lowest BCUT2D eigenvalue weighted by Gasteiger charge is -2.12. The van der Waals surface area contributed by atoms with E-state index in [1.54, 1.807) is 12.1 Å². The van der Waals surface area contributed by atoms with E-state index in [9.17, 15) is 9.18 Å². The molecule has 0 unspecified atom stereocenters. The van der Waals surface area contributed by atoms with Crippen molar-refractivity contribution in [2.24, 2.45) is 0 Å². The predicted octanol–water partition coefficient (Wildman–Crippen LogP) is 2.82. The van der Waals surface area contributed by atoms with E-state index in [1.807, 2.05) is 27.7 Å². The zero-order valence-corrected chi connectivity index (χ0v) is 11.8. The van der Waals surface area contributed by atoms with E-state index >= 15 is 0 Å². The molecule has 2 N–H and O–H groups in total. The Morgan fingerprint density at radius 1 is 1.32 bits per heavy atom. The van der Waals surface area contributed by atoms with Crippen molar-refractivity contribution in [1.82, 2.24) is 10.6 Å². The summed E-state index contributed by atoms with van der Waals surface area (Å²) in [7, 11) is 0. The lowest BCUT2D eigenvalue weighted by Crippen LogP contribution is -2.39. The summed E-state index contributed by atoms with van der Waals surface area (Å²) in [5, 5.41) is 5.36. The van der Waals surface area contributed by atoms with Crippen LogP contribution in [0.1, 0.15) is 33.3 Å². The quantitative estimate of drug-likeness (QED) is 0.862. The highest BCUT2D eigenvalue weighted by Crippen LogP contribution is 2.19. The third-order valence-corrected chi connectivity index (χ3v) is 2.23. The second-order valence-electron chi connectivity index (χ2n) is 4.91. The number of benzene rings is 1. The number of carbonyl (C=O) groups is 1. The summed E-state index contributed by atoms with van der Waals surface area (Å²) in [6, 6.07) is 4.48. The Hall–Kier alpha value is -1.78. The smallest absolute Gasteiger partial charge is 0.315 e. The lowest BCUT2D eigenvalue weighted by atomic mass is 10.2. The normalized spacial score (nSPS) is 10.7. The summed E-state index contributed by atoms with van der Waals surface area (Å²) >= 11 is 0. The molecule has 0 bridgehead atoms. The largest absolute Gasteiger partial charge is 0.488 e. The molecule has 1 aromatic rings. The number of amides is 2. The number of carbonyl (C=O) groups excluding carboxylic acids is 1. The Labute approximate surface area is 113 Å². The van der Waals surface area contributed by atoms with Crippen LogP contribution in [0.25, 0.3) is 0 Å². The van der Waals surface area contributed by atoms with Crippen molar-refractivity contribution in [1.29, 1.82) is 0 Å². The lowest BCUT2D eigenvalue weighted by molar-refractivity contribution is 0.231. The second-order valence-corrected chi connectivity index (χ2v) is 4.91. The molecule has 0 aliphatic heterocycles. The molecule has 4 nitrogen and oxygen atoms in total. The number of urea groups is 1. The van der Waals surface area contributed by atoms with Gasteiger partial charge in [0.05, 0.1) is 6.10 Å². The molecule has 0 spiro atoms. The van der Waals surface area contributed by atoms with Gasteiger partial charge in [-0.15, -0.1) is 0 Å². The molecule has 19 heavy (non-hydrogen) atoms. The minimum absolute atomic E-state index is 0.0681. The number of hydrogen-bond acceptors (Lipinski definition) is 2. The van der Waals surface area contributed by atoms with Crippen molar-refractivity contribution in [2.45, 2.75) is 46.4 Å². The molecule has 0 aliphatic rings. The van der Waals surface area contributed by atoms with Crippen LogP contribution in [0.3, 0.4) is 0 Å². The van der Waals surface area contributed by atoms with Crippen molar-refractivity contribution in [2.75, 3.05) is 0 Å². The Kier molecular flexibility index (Phi) is 5.60. The van der Waals surface area contributed by atoms with Crippen molar-refractivity contribution >= 4 is 6.03 Å². The Morgan fingerprint density at radius 2 is 2.00 bits per heavy atom. The van der Waals surface area contributed by atoms with Crippen LogP contribution in [0.15, 0.2) is 18.2 Å². The highest BCUT2D eigenvalue weighted by molar-refractivity contribution is 5.74. The Balaban J connectivity index is 2.56. The topological polar surface area (TPSA) is 50.4 Å². The summed E-state index contributed by atoms with van der Waals surface area (Å²) in [4.78, 5) is 11.4. The molecule has 0 heterocycles. The van der Waals surface area contributed by atoms with E-state index in [0.29, 0.717) is 5.56 Å². The maximum Gasteiger partial charge on any atom is 0.315 e. The fraction of sp³-hybridized carbons (Fsp3) is 0.500. The van der Waals surface area contributed by atoms with Crippen LogP contribution in [-0.2, 0) is 6.54 Å². The number of nitrogens with one attached hydrogen (secondary N) is 2. The summed E-state index contributed by atoms with van der Waals surface area (Å²) in [6.07, 6.45) is -0.0738. The van der Waals surface area contributed by atoms with E-state index in [0.717, 1.165) is 0 Å². The predicted molar refractivity (Wildman–Crippen MR) is 72.7 cm³/mol. The highest BCUT2D eigenvalue weighted by Gasteiger charge is 2.07. The van der Waals surface area contributed by atoms with Crippen LogP contribution >= 0.6 is 0 Å². The average Bonchev–Trinajstić information content (AvgIpc) is 2.28. The van der Waals surface area contributed by atoms with Crippen LogP contribution in [0.2, 0.25) is 0 Å². The average molecular weight is 268 g/mol. The fourth-order valence-electron chi connectivity index (χ4n) is 1.50. The van der Waals surface area contributed by atoms with Crippen LogP contribution in [0.4, 0.5) is 9.18 Å². The summed E-state index contributed by atoms with van der Waals surface area (Å²) in [5.41, 5.74) is 0.688. The van der Waals surface area contributed by atoms with E-state index in [1.165, 1.54) is 6.07 Å². The second kappa shape index (κ2) is 6.97. The molecular formula is C14H21FN2O2. The molecule has 0 atom stereocenters. The van der Waals surface area contributed by atoms with Crippen LogP contribution in [0, 0.1) is 5.82 Å². The van der Waals surface area contributed by atoms with Gasteiger partial charge in [-0.2, -0.15) is 0 Å². The molecule has 0 aliphatic carbocycles. The molecule has 0 radical (unpaired) electrons. The number of ether oxygens (including phenoxy) is 1. The van der Waals surface area contributed by atoms with Gasteiger partial charge in [0, 0.05) is 12.6 Å². The SMILES string of the molecule is CC(C)NC(=O)NCc1ccc(OC(C)C)c(F)c1. The molecule has 2 amide bonds. The third kappa shape index (κ3) is 5.59. The first kappa shape index (κ1) is 15.3. The molecule has 1 aromatic carbocycles. The van der Waals surface area contributed by atoms with Gasteiger partial charge in [0.25, 0.3) is 0 Å². The van der Waals surface area contributed by atoms with Crippen molar-refractivity contribution in [3.63, 3.8) is 0 Å². The first-order chi connectivity index (χ1) is 8.88. The molecule has 0 saturated carbocycles. The van der Waals surface area contributed by atoms with Gasteiger partial charge in [-0.3, -0.25) is 0 Å². The summed E-state index contributed by atoms with van der Waals surface area (Å²) < 4.78 is 19.0. The number of halogens is 1. The van der Waals surface area contributed by atoms with E-state index < -0.39 is 5.82 Å². The number of hydrogen-bond donors (Lipinski definition) is 2. The van der Waals surface area contributed by atoms with Gasteiger partial charge in [0.1, 0.15) is 0 Å². The molecule has 0 saturated heterocycles. The first-order valence-electron chi connectivity index (χ1n) is 6.38. The Bertz CT molecular complexity index is 433. The van der Waals surface area contributed by atoms with Gasteiger partial charge in [-0.1, -0.05) is 6.07 Å². The van der Waals surface area contributed by atoms with Gasteiger partial charge in [-0.05, 0) is 45.4 Å². The van der Waals surface area contributed by atoms with Gasteiger partial charge in [-0.25, -0.2) is 9.18 Å². The fourth-order valence-corrected chi connectivity index (χ4v) is 1.50. The minimum Gasteiger partial charge on any atom is -0.488 e. The van der Waals surface area contributed by atoms with E-state index in [4.69, 9.17) is 4.74 Å².